The lowest BCUT2D eigenvalue weighted by Gasteiger charge is -2.34. The Labute approximate surface area is 251 Å². The molecule has 0 radical (unpaired) electrons. The van der Waals surface area contributed by atoms with Crippen LogP contribution < -0.4 is 4.90 Å². The maximum atomic E-state index is 12.9. The predicted octanol–water partition coefficient (Wildman–Crippen LogP) is 7.18. The van der Waals surface area contributed by atoms with E-state index >= 15 is 0 Å². The van der Waals surface area contributed by atoms with E-state index in [0.29, 0.717) is 12.0 Å². The topological polar surface area (TPSA) is 61.5 Å². The molecule has 0 aliphatic carbocycles. The van der Waals surface area contributed by atoms with Crippen molar-refractivity contribution >= 4 is 33.6 Å². The predicted molar refractivity (Wildman–Crippen MR) is 175 cm³/mol. The Morgan fingerprint density at radius 2 is 1.58 bits per heavy atom. The van der Waals surface area contributed by atoms with Crippen LogP contribution >= 0.6 is 0 Å². The monoisotopic (exact) mass is 566 g/mol. The molecule has 0 spiro atoms. The summed E-state index contributed by atoms with van der Waals surface area (Å²) in [7, 11) is 3.62. The Balaban J connectivity index is 1.27. The number of methoxy groups -OCH3 is 1. The van der Waals surface area contributed by atoms with Crippen LogP contribution in [0.2, 0.25) is 0 Å². The number of rotatable bonds is 6. The van der Waals surface area contributed by atoms with E-state index in [1.54, 1.807) is 0 Å². The zero-order valence-electron chi connectivity index (χ0n) is 24.5. The smallest absolute Gasteiger partial charge is 0.338 e. The van der Waals surface area contributed by atoms with Crippen LogP contribution in [0.1, 0.15) is 21.5 Å². The van der Waals surface area contributed by atoms with E-state index in [9.17, 15) is 4.79 Å². The van der Waals surface area contributed by atoms with Gasteiger partial charge < -0.3 is 19.5 Å². The Bertz CT molecular complexity index is 1920. The standard InChI is InChI=1S/C37H34N4O2/c1-40-18-20-41(21-19-40)30-13-10-26(11-14-30)27-12-15-34-33(23-27)35-31(16-17-38-36(35)39-34)29-9-8-28(32(24-29)37(42)43-2)22-25-6-4-3-5-7-25/h3-17,23-24H,18-22H2,1-2H3,(H,38,39). The second-order valence-corrected chi connectivity index (χ2v) is 11.3. The molecule has 6 aromatic rings. The number of hydrogen-bond donors (Lipinski definition) is 1. The molecule has 1 fully saturated rings. The molecule has 1 aliphatic rings. The number of esters is 1. The maximum Gasteiger partial charge on any atom is 0.338 e. The second-order valence-electron chi connectivity index (χ2n) is 11.3. The minimum atomic E-state index is -0.334. The average molecular weight is 567 g/mol. The van der Waals surface area contributed by atoms with Crippen molar-refractivity contribution in [1.29, 1.82) is 0 Å². The van der Waals surface area contributed by atoms with E-state index in [1.165, 1.54) is 18.4 Å². The number of aromatic amines is 1. The third-order valence-corrected chi connectivity index (χ3v) is 8.63. The minimum Gasteiger partial charge on any atom is -0.465 e. The van der Waals surface area contributed by atoms with Gasteiger partial charge in [-0.25, -0.2) is 9.78 Å². The summed E-state index contributed by atoms with van der Waals surface area (Å²) in [6.07, 6.45) is 2.47. The summed E-state index contributed by atoms with van der Waals surface area (Å²) in [6.45, 7) is 4.29. The fourth-order valence-corrected chi connectivity index (χ4v) is 6.18. The van der Waals surface area contributed by atoms with Gasteiger partial charge >= 0.3 is 5.97 Å². The average Bonchev–Trinajstić information content (AvgIpc) is 3.44. The van der Waals surface area contributed by atoms with Crippen molar-refractivity contribution in [1.82, 2.24) is 14.9 Å². The Hall–Kier alpha value is -4.94. The van der Waals surface area contributed by atoms with Crippen molar-refractivity contribution in [2.24, 2.45) is 0 Å². The lowest BCUT2D eigenvalue weighted by molar-refractivity contribution is 0.0599. The maximum absolute atomic E-state index is 12.9. The largest absolute Gasteiger partial charge is 0.465 e. The molecule has 43 heavy (non-hydrogen) atoms. The van der Waals surface area contributed by atoms with Crippen LogP contribution in [-0.2, 0) is 11.2 Å². The van der Waals surface area contributed by atoms with Gasteiger partial charge in [0.2, 0.25) is 0 Å². The highest BCUT2D eigenvalue weighted by Crippen LogP contribution is 2.37. The molecule has 7 rings (SSSR count). The van der Waals surface area contributed by atoms with Crippen LogP contribution in [-0.4, -0.2) is 61.2 Å². The molecule has 6 nitrogen and oxygen atoms in total. The van der Waals surface area contributed by atoms with Crippen molar-refractivity contribution < 1.29 is 9.53 Å². The minimum absolute atomic E-state index is 0.334. The number of nitrogens with one attached hydrogen (secondary N) is 1. The number of fused-ring (bicyclic) bond motifs is 3. The van der Waals surface area contributed by atoms with Gasteiger partial charge in [0.05, 0.1) is 12.7 Å². The molecule has 0 saturated carbocycles. The molecule has 1 aliphatic heterocycles. The van der Waals surface area contributed by atoms with Gasteiger partial charge in [-0.3, -0.25) is 0 Å². The molecule has 4 aromatic carbocycles. The molecule has 6 heteroatoms. The highest BCUT2D eigenvalue weighted by atomic mass is 16.5. The molecule has 1 N–H and O–H groups in total. The van der Waals surface area contributed by atoms with Crippen LogP contribution in [0.5, 0.6) is 0 Å². The highest BCUT2D eigenvalue weighted by molar-refractivity contribution is 6.14. The van der Waals surface area contributed by atoms with Gasteiger partial charge in [-0.1, -0.05) is 60.7 Å². The first-order valence-corrected chi connectivity index (χ1v) is 14.8. The van der Waals surface area contributed by atoms with Gasteiger partial charge in [-0.2, -0.15) is 0 Å². The van der Waals surface area contributed by atoms with E-state index in [2.05, 4.69) is 87.5 Å². The zero-order valence-corrected chi connectivity index (χ0v) is 24.5. The summed E-state index contributed by atoms with van der Waals surface area (Å²) >= 11 is 0. The molecule has 2 aromatic heterocycles. The summed E-state index contributed by atoms with van der Waals surface area (Å²) in [5.41, 5.74) is 10.1. The molecule has 3 heterocycles. The molecule has 0 amide bonds. The number of carbonyl (C=O) groups is 1. The van der Waals surface area contributed by atoms with Gasteiger partial charge in [0, 0.05) is 54.4 Å². The fourth-order valence-electron chi connectivity index (χ4n) is 6.18. The van der Waals surface area contributed by atoms with E-state index in [4.69, 9.17) is 4.74 Å². The van der Waals surface area contributed by atoms with Gasteiger partial charge in [0.25, 0.3) is 0 Å². The zero-order chi connectivity index (χ0) is 29.3. The molecule has 0 bridgehead atoms. The first-order valence-electron chi connectivity index (χ1n) is 14.8. The van der Waals surface area contributed by atoms with Crippen LogP contribution in [0.4, 0.5) is 5.69 Å². The van der Waals surface area contributed by atoms with Crippen molar-refractivity contribution in [3.05, 3.63) is 120 Å². The van der Waals surface area contributed by atoms with Gasteiger partial charge in [0.1, 0.15) is 5.65 Å². The molecule has 0 unspecified atom stereocenters. The highest BCUT2D eigenvalue weighted by Gasteiger charge is 2.18. The third-order valence-electron chi connectivity index (χ3n) is 8.63. The SMILES string of the molecule is COC(=O)c1cc(-c2ccnc3[nH]c4ccc(-c5ccc(N6CCN(C)CC6)cc5)cc4c23)ccc1Cc1ccccc1. The number of hydrogen-bond acceptors (Lipinski definition) is 5. The quantitative estimate of drug-likeness (QED) is 0.217. The second kappa shape index (κ2) is 11.4. The van der Waals surface area contributed by atoms with Gasteiger partial charge in [0.15, 0.2) is 0 Å². The molecule has 1 saturated heterocycles. The molecular weight excluding hydrogens is 532 g/mol. The number of pyridine rings is 1. The van der Waals surface area contributed by atoms with Crippen molar-refractivity contribution in [2.75, 3.05) is 45.2 Å². The fraction of sp³-hybridized carbons (Fsp3) is 0.189. The number of carbonyl (C=O) groups excluding carboxylic acids is 1. The van der Waals surface area contributed by atoms with Crippen molar-refractivity contribution in [2.45, 2.75) is 6.42 Å². The van der Waals surface area contributed by atoms with Gasteiger partial charge in [-0.05, 0) is 83.2 Å². The number of likely N-dealkylation sites (N-methyl/N-ethyl adjacent to an activating group) is 1. The van der Waals surface area contributed by atoms with E-state index in [0.717, 1.165) is 75.9 Å². The van der Waals surface area contributed by atoms with E-state index in [-0.39, 0.29) is 5.97 Å². The summed E-state index contributed by atoms with van der Waals surface area (Å²) in [5, 5.41) is 2.15. The third kappa shape index (κ3) is 5.26. The van der Waals surface area contributed by atoms with Crippen LogP contribution in [0, 0.1) is 0 Å². The van der Waals surface area contributed by atoms with Crippen LogP contribution in [0.15, 0.2) is 103 Å². The van der Waals surface area contributed by atoms with Gasteiger partial charge in [-0.15, -0.1) is 0 Å². The lowest BCUT2D eigenvalue weighted by Crippen LogP contribution is -2.44. The summed E-state index contributed by atoms with van der Waals surface area (Å²) < 4.78 is 5.20. The number of nitrogens with zero attached hydrogens (tertiary/aromatic N) is 3. The molecule has 214 valence electrons. The number of benzene rings is 4. The van der Waals surface area contributed by atoms with Crippen LogP contribution in [0.3, 0.4) is 0 Å². The number of piperazine rings is 1. The Morgan fingerprint density at radius 3 is 2.35 bits per heavy atom. The summed E-state index contributed by atoms with van der Waals surface area (Å²) in [4.78, 5) is 25.9. The molecule has 0 atom stereocenters. The summed E-state index contributed by atoms with van der Waals surface area (Å²) in [5.74, 6) is -0.334. The number of H-pyrrole nitrogens is 1. The normalized spacial score (nSPS) is 14.0. The van der Waals surface area contributed by atoms with E-state index in [1.807, 2.05) is 42.6 Å². The lowest BCUT2D eigenvalue weighted by atomic mass is 9.93. The number of anilines is 1. The first-order chi connectivity index (χ1) is 21.1. The Kier molecular flexibility index (Phi) is 7.13. The first kappa shape index (κ1) is 26.9. The number of aromatic nitrogens is 2. The van der Waals surface area contributed by atoms with Crippen molar-refractivity contribution in [3.63, 3.8) is 0 Å². The van der Waals surface area contributed by atoms with Crippen LogP contribution in [0.25, 0.3) is 44.2 Å². The number of ether oxygens (including phenoxy) is 1. The Morgan fingerprint density at radius 1 is 0.837 bits per heavy atom. The summed E-state index contributed by atoms with van der Waals surface area (Å²) in [6, 6.07) is 33.8. The van der Waals surface area contributed by atoms with E-state index < -0.39 is 0 Å². The molecular formula is C37H34N4O2. The van der Waals surface area contributed by atoms with Crippen molar-refractivity contribution in [3.8, 4) is 22.3 Å².